The van der Waals surface area contributed by atoms with E-state index in [1.54, 1.807) is 6.26 Å². The highest BCUT2D eigenvalue weighted by Crippen LogP contribution is 2.48. The third-order valence-corrected chi connectivity index (χ3v) is 9.18. The van der Waals surface area contributed by atoms with Gasteiger partial charge in [0.2, 0.25) is 0 Å². The molecule has 1 saturated carbocycles. The molecule has 9 nitrogen and oxygen atoms in total. The number of rotatable bonds is 7. The molecule has 3 N–H and O–H groups in total. The second-order valence-corrected chi connectivity index (χ2v) is 13.0. The summed E-state index contributed by atoms with van der Waals surface area (Å²) in [6.45, 7) is 6.25. The Morgan fingerprint density at radius 1 is 1.18 bits per heavy atom. The van der Waals surface area contributed by atoms with Crippen molar-refractivity contribution in [1.82, 2.24) is 9.62 Å². The van der Waals surface area contributed by atoms with Gasteiger partial charge in [0, 0.05) is 0 Å². The molecular weight excluding hydrogens is 555 g/mol. The first kappa shape index (κ1) is 29.3. The Morgan fingerprint density at radius 2 is 1.82 bits per heavy atom. The molecular formula is C25H32F3N5O4S2. The predicted octanol–water partition coefficient (Wildman–Crippen LogP) is 5.42. The van der Waals surface area contributed by atoms with Crippen LogP contribution in [0.4, 0.5) is 18.9 Å². The molecule has 1 fully saturated rings. The fourth-order valence-electron chi connectivity index (χ4n) is 4.84. The normalized spacial score (nSPS) is 20.7. The molecule has 2 aliphatic rings. The van der Waals surface area contributed by atoms with Crippen molar-refractivity contribution in [2.75, 3.05) is 19.4 Å². The molecule has 2 aromatic rings. The zero-order valence-electron chi connectivity index (χ0n) is 22.3. The average molecular weight is 588 g/mol. The number of nitrogens with one attached hydrogen (secondary N) is 2. The van der Waals surface area contributed by atoms with Crippen molar-refractivity contribution in [3.8, 4) is 5.75 Å². The Kier molecular flexibility index (Phi) is 8.29. The molecule has 14 heteroatoms. The predicted molar refractivity (Wildman–Crippen MR) is 145 cm³/mol. The van der Waals surface area contributed by atoms with Gasteiger partial charge in [0.25, 0.3) is 11.2 Å². The van der Waals surface area contributed by atoms with E-state index < -0.39 is 44.5 Å². The highest BCUT2D eigenvalue weighted by Gasteiger charge is 2.42. The van der Waals surface area contributed by atoms with Crippen molar-refractivity contribution in [3.63, 3.8) is 0 Å². The van der Waals surface area contributed by atoms with Gasteiger partial charge >= 0.3 is 6.18 Å². The van der Waals surface area contributed by atoms with E-state index in [0.29, 0.717) is 5.76 Å². The largest absolute Gasteiger partial charge is 0.504 e. The zero-order valence-corrected chi connectivity index (χ0v) is 23.9. The van der Waals surface area contributed by atoms with Crippen molar-refractivity contribution in [3.05, 3.63) is 41.3 Å². The summed E-state index contributed by atoms with van der Waals surface area (Å²) in [5.74, 6) is 0.155. The summed E-state index contributed by atoms with van der Waals surface area (Å²) in [5.41, 5.74) is -0.604. The Labute approximate surface area is 230 Å². The third-order valence-electron chi connectivity index (χ3n) is 7.07. The maximum atomic E-state index is 13.7. The molecule has 39 heavy (non-hydrogen) atoms. The highest BCUT2D eigenvalue weighted by atomic mass is 32.2. The van der Waals surface area contributed by atoms with E-state index in [0.717, 1.165) is 47.7 Å². The SMILES string of the molecule is CC(C)c1coc([C@H](NC2=NS(=O)N=C2Nc2ccc(C(F)(F)F)c(S(=O)N(C)C)c2O)C2(C)CCCC2)c1. The lowest BCUT2D eigenvalue weighted by Crippen LogP contribution is -2.42. The van der Waals surface area contributed by atoms with Crippen LogP contribution < -0.4 is 10.6 Å². The van der Waals surface area contributed by atoms with Gasteiger partial charge in [-0.15, -0.1) is 8.80 Å². The number of amidine groups is 2. The van der Waals surface area contributed by atoms with Crippen LogP contribution in [0.25, 0.3) is 0 Å². The minimum Gasteiger partial charge on any atom is -0.504 e. The maximum absolute atomic E-state index is 13.7. The lowest BCUT2D eigenvalue weighted by Gasteiger charge is -2.34. The van der Waals surface area contributed by atoms with Crippen LogP contribution in [0.5, 0.6) is 5.75 Å². The van der Waals surface area contributed by atoms with E-state index in [-0.39, 0.29) is 34.7 Å². The van der Waals surface area contributed by atoms with E-state index in [9.17, 15) is 26.7 Å². The number of furan rings is 1. The maximum Gasteiger partial charge on any atom is 0.417 e. The smallest absolute Gasteiger partial charge is 0.417 e. The van der Waals surface area contributed by atoms with Crippen LogP contribution in [-0.4, -0.2) is 43.6 Å². The Bertz CT molecular complexity index is 1350. The fourth-order valence-corrected chi connectivity index (χ4v) is 6.48. The van der Waals surface area contributed by atoms with Gasteiger partial charge in [0.1, 0.15) is 21.6 Å². The van der Waals surface area contributed by atoms with Crippen LogP contribution in [0.1, 0.15) is 75.3 Å². The molecule has 0 saturated heterocycles. The summed E-state index contributed by atoms with van der Waals surface area (Å²) in [5, 5.41) is 16.9. The number of aromatic hydroxyl groups is 1. The van der Waals surface area contributed by atoms with Gasteiger partial charge < -0.3 is 20.2 Å². The van der Waals surface area contributed by atoms with E-state index in [4.69, 9.17) is 4.42 Å². The zero-order chi connectivity index (χ0) is 28.7. The van der Waals surface area contributed by atoms with Gasteiger partial charge in [-0.25, -0.2) is 12.7 Å². The highest BCUT2D eigenvalue weighted by molar-refractivity contribution is 7.83. The second-order valence-electron chi connectivity index (χ2n) is 10.5. The van der Waals surface area contributed by atoms with Gasteiger partial charge in [-0.05, 0) is 62.0 Å². The van der Waals surface area contributed by atoms with Crippen molar-refractivity contribution in [2.45, 2.75) is 69.5 Å². The monoisotopic (exact) mass is 587 g/mol. The Morgan fingerprint density at radius 3 is 2.38 bits per heavy atom. The molecule has 1 aromatic heterocycles. The Balaban J connectivity index is 1.68. The van der Waals surface area contributed by atoms with Crippen LogP contribution in [0.15, 0.2) is 42.6 Å². The number of benzene rings is 1. The summed E-state index contributed by atoms with van der Waals surface area (Å²) in [7, 11) is 0.350. The molecule has 2 heterocycles. The van der Waals surface area contributed by atoms with Crippen LogP contribution >= 0.6 is 0 Å². The number of hydrogen-bond acceptors (Lipinski definition) is 6. The first-order chi connectivity index (χ1) is 18.2. The van der Waals surface area contributed by atoms with Crippen LogP contribution in [0, 0.1) is 5.41 Å². The summed E-state index contributed by atoms with van der Waals surface area (Å²) in [6.07, 6.45) is 0.765. The standard InChI is InChI=1S/C25H32F3N5O4S2/c1-14(2)15-12-18(37-13-15)21(24(3)10-6-7-11-24)30-23-22(31-39(36)32-23)29-17-9-8-16(25(26,27)28)20(19(17)34)38(35)33(4)5/h8-9,12-14,21,34H,6-7,10-11H2,1-5H3,(H,29,31)(H,30,32)/t21-,38?,39?/m0/s1. The van der Waals surface area contributed by atoms with Crippen molar-refractivity contribution in [1.29, 1.82) is 0 Å². The summed E-state index contributed by atoms with van der Waals surface area (Å²) >= 11 is -2.00. The minimum absolute atomic E-state index is 0.0350. The summed E-state index contributed by atoms with van der Waals surface area (Å²) < 4.78 is 81.1. The molecule has 1 aliphatic heterocycles. The molecule has 0 bridgehead atoms. The average Bonchev–Trinajstić information content (AvgIpc) is 3.58. The van der Waals surface area contributed by atoms with Crippen molar-refractivity contribution in [2.24, 2.45) is 14.2 Å². The molecule has 1 aliphatic carbocycles. The van der Waals surface area contributed by atoms with Gasteiger partial charge in [-0.1, -0.05) is 33.6 Å². The van der Waals surface area contributed by atoms with Gasteiger partial charge in [0.05, 0.1) is 23.6 Å². The first-order valence-electron chi connectivity index (χ1n) is 12.5. The summed E-state index contributed by atoms with van der Waals surface area (Å²) in [6, 6.07) is 3.36. The molecule has 3 atom stereocenters. The first-order valence-corrected chi connectivity index (χ1v) is 14.6. The van der Waals surface area contributed by atoms with E-state index in [2.05, 4.69) is 40.2 Å². The minimum atomic E-state index is -4.85. The third kappa shape index (κ3) is 6.07. The Hall–Kier alpha value is -2.71. The molecule has 214 valence electrons. The molecule has 1 aromatic carbocycles. The number of nitrogens with zero attached hydrogens (tertiary/aromatic N) is 3. The number of phenolic OH excluding ortho intramolecular Hbond substituents is 1. The second kappa shape index (κ2) is 11.0. The lowest BCUT2D eigenvalue weighted by molar-refractivity contribution is -0.140. The van der Waals surface area contributed by atoms with Crippen LogP contribution in [0.3, 0.4) is 0 Å². The van der Waals surface area contributed by atoms with Crippen molar-refractivity contribution < 1.29 is 31.1 Å². The van der Waals surface area contributed by atoms with Gasteiger partial charge in [-0.2, -0.15) is 13.2 Å². The van der Waals surface area contributed by atoms with E-state index >= 15 is 0 Å². The quantitative estimate of drug-likeness (QED) is 0.372. The number of anilines is 1. The van der Waals surface area contributed by atoms with E-state index in [1.807, 2.05) is 6.07 Å². The van der Waals surface area contributed by atoms with Crippen molar-refractivity contribution >= 4 is 39.5 Å². The number of alkyl halides is 3. The topological polar surface area (TPSA) is 120 Å². The number of hydrogen-bond donors (Lipinski definition) is 3. The van der Waals surface area contributed by atoms with Crippen LogP contribution in [0.2, 0.25) is 0 Å². The van der Waals surface area contributed by atoms with E-state index in [1.165, 1.54) is 14.1 Å². The molecule has 0 spiro atoms. The molecule has 0 radical (unpaired) electrons. The van der Waals surface area contributed by atoms with Gasteiger partial charge in [-0.3, -0.25) is 0 Å². The van der Waals surface area contributed by atoms with Crippen LogP contribution in [-0.2, 0) is 28.3 Å². The molecule has 0 amide bonds. The molecule has 2 unspecified atom stereocenters. The van der Waals surface area contributed by atoms with Gasteiger partial charge in [0.15, 0.2) is 17.4 Å². The summed E-state index contributed by atoms with van der Waals surface area (Å²) in [4.78, 5) is -0.795. The fraction of sp³-hybridized carbons (Fsp3) is 0.520. The number of phenols is 1. The number of halogens is 3. The molecule has 4 rings (SSSR count). The lowest BCUT2D eigenvalue weighted by atomic mass is 9.79.